The Kier molecular flexibility index (Phi) is 9.64. The Morgan fingerprint density at radius 1 is 0.667 bits per heavy atom. The summed E-state index contributed by atoms with van der Waals surface area (Å²) in [7, 11) is 1.55. The van der Waals surface area contributed by atoms with E-state index >= 15 is 0 Å². The molecule has 8 rings (SSSR count). The third-order valence-electron chi connectivity index (χ3n) is 9.38. The highest BCUT2D eigenvalue weighted by molar-refractivity contribution is 5.89. The van der Waals surface area contributed by atoms with Gasteiger partial charge in [0.15, 0.2) is 11.5 Å². The van der Waals surface area contributed by atoms with Crippen molar-refractivity contribution in [3.8, 4) is 22.8 Å². The Labute approximate surface area is 296 Å². The molecule has 0 unspecified atom stereocenters. The van der Waals surface area contributed by atoms with Gasteiger partial charge in [-0.05, 0) is 16.7 Å². The first-order valence-electron chi connectivity index (χ1n) is 17.2. The Hall–Kier alpha value is -5.25. The third kappa shape index (κ3) is 6.92. The first kappa shape index (κ1) is 32.9. The van der Waals surface area contributed by atoms with Crippen LogP contribution < -0.4 is 14.9 Å². The van der Waals surface area contributed by atoms with Crippen molar-refractivity contribution < 1.29 is 32.8 Å². The van der Waals surface area contributed by atoms with E-state index in [0.717, 1.165) is 22.3 Å². The van der Waals surface area contributed by atoms with Crippen molar-refractivity contribution in [1.82, 2.24) is 0 Å². The highest BCUT2D eigenvalue weighted by Gasteiger charge is 2.54. The van der Waals surface area contributed by atoms with Gasteiger partial charge in [-0.3, -0.25) is 4.79 Å². The van der Waals surface area contributed by atoms with E-state index in [-0.39, 0.29) is 12.0 Å². The van der Waals surface area contributed by atoms with Crippen molar-refractivity contribution >= 4 is 11.0 Å². The molecule has 5 atom stereocenters. The molecule has 8 nitrogen and oxygen atoms in total. The average Bonchev–Trinajstić information content (AvgIpc) is 3.54. The lowest BCUT2D eigenvalue weighted by Gasteiger charge is -2.43. The Morgan fingerprint density at radius 3 is 1.84 bits per heavy atom. The van der Waals surface area contributed by atoms with Crippen molar-refractivity contribution in [1.29, 1.82) is 0 Å². The zero-order chi connectivity index (χ0) is 34.6. The molecule has 6 aromatic rings. The SMILES string of the molecule is COc1c2c(cc3oc(-c4ccccc4)cc(=O)c13)O[C@H]1[C@@H](OCc3ccccc3)[C@H](OCc3ccccc3)[C@@H](COCc3ccccc3)O[C@@H]21. The quantitative estimate of drug-likeness (QED) is 0.128. The van der Waals surface area contributed by atoms with E-state index in [0.29, 0.717) is 53.6 Å². The smallest absolute Gasteiger partial charge is 0.197 e. The van der Waals surface area contributed by atoms with Crippen LogP contribution >= 0.6 is 0 Å². The number of hydrogen-bond donors (Lipinski definition) is 0. The zero-order valence-electron chi connectivity index (χ0n) is 28.2. The largest absolute Gasteiger partial charge is 0.495 e. The van der Waals surface area contributed by atoms with E-state index in [4.69, 9.17) is 32.8 Å². The summed E-state index contributed by atoms with van der Waals surface area (Å²) in [6, 6.07) is 42.8. The monoisotopic (exact) mass is 682 g/mol. The molecule has 1 aromatic heterocycles. The van der Waals surface area contributed by atoms with E-state index in [1.165, 1.54) is 6.07 Å². The second kappa shape index (κ2) is 14.9. The summed E-state index contributed by atoms with van der Waals surface area (Å²) in [4.78, 5) is 13.8. The summed E-state index contributed by atoms with van der Waals surface area (Å²) in [6.45, 7) is 1.31. The molecule has 0 amide bonds. The predicted octanol–water partition coefficient (Wildman–Crippen LogP) is 8.06. The van der Waals surface area contributed by atoms with E-state index in [2.05, 4.69) is 0 Å². The van der Waals surface area contributed by atoms with Crippen LogP contribution in [0.3, 0.4) is 0 Å². The van der Waals surface area contributed by atoms with Crippen LogP contribution in [0.15, 0.2) is 143 Å². The molecular weight excluding hydrogens is 644 g/mol. The molecule has 5 aromatic carbocycles. The number of rotatable bonds is 12. The number of fused-ring (bicyclic) bond motifs is 4. The van der Waals surface area contributed by atoms with Crippen molar-refractivity contribution in [2.24, 2.45) is 0 Å². The summed E-state index contributed by atoms with van der Waals surface area (Å²) < 4.78 is 45.7. The van der Waals surface area contributed by atoms with Gasteiger partial charge in [-0.1, -0.05) is 121 Å². The first-order valence-corrected chi connectivity index (χ1v) is 17.2. The normalized spacial score (nSPS) is 20.8. The standard InChI is InChI=1S/C43H38O8/c1-45-40-37-32(44)22-33(31-20-12-5-13-21-31)49-34(37)23-35-38(40)41-43(50-35)42(48-26-30-18-10-4-11-19-30)39(47-25-29-16-8-3-9-17-29)36(51-41)27-46-24-28-14-6-2-7-15-28/h2-23,36,39,41-43H,24-27H2,1H3/t36-,39-,41+,42+,43-/m1/s1. The van der Waals surface area contributed by atoms with Crippen LogP contribution in [0.1, 0.15) is 28.4 Å². The minimum absolute atomic E-state index is 0.224. The van der Waals surface area contributed by atoms with Gasteiger partial charge < -0.3 is 32.8 Å². The topological polar surface area (TPSA) is 85.6 Å². The number of ether oxygens (including phenoxy) is 6. The van der Waals surface area contributed by atoms with Crippen LogP contribution in [0.2, 0.25) is 0 Å². The minimum atomic E-state index is -0.643. The molecule has 2 aliphatic heterocycles. The second-order valence-corrected chi connectivity index (χ2v) is 12.7. The third-order valence-corrected chi connectivity index (χ3v) is 9.38. The van der Waals surface area contributed by atoms with E-state index in [1.807, 2.05) is 121 Å². The number of methoxy groups -OCH3 is 1. The second-order valence-electron chi connectivity index (χ2n) is 12.7. The summed E-state index contributed by atoms with van der Waals surface area (Å²) >= 11 is 0. The van der Waals surface area contributed by atoms with Crippen molar-refractivity contribution in [3.63, 3.8) is 0 Å². The molecule has 8 heteroatoms. The molecule has 3 heterocycles. The van der Waals surface area contributed by atoms with Gasteiger partial charge in [0, 0.05) is 17.7 Å². The Bertz CT molecular complexity index is 2120. The first-order chi connectivity index (χ1) is 25.2. The molecule has 258 valence electrons. The van der Waals surface area contributed by atoms with Crippen molar-refractivity contribution in [3.05, 3.63) is 166 Å². The molecular formula is C43H38O8. The minimum Gasteiger partial charge on any atom is -0.495 e. The maximum Gasteiger partial charge on any atom is 0.197 e. The lowest BCUT2D eigenvalue weighted by molar-refractivity contribution is -0.250. The highest BCUT2D eigenvalue weighted by Crippen LogP contribution is 2.52. The Balaban J connectivity index is 1.18. The fourth-order valence-electron chi connectivity index (χ4n) is 6.95. The lowest BCUT2D eigenvalue weighted by atomic mass is 9.91. The van der Waals surface area contributed by atoms with Crippen LogP contribution in [0.5, 0.6) is 11.5 Å². The molecule has 0 radical (unpaired) electrons. The van der Waals surface area contributed by atoms with E-state index < -0.39 is 30.5 Å². The van der Waals surface area contributed by atoms with Gasteiger partial charge in [0.25, 0.3) is 0 Å². The molecule has 1 saturated heterocycles. The van der Waals surface area contributed by atoms with E-state index in [9.17, 15) is 4.79 Å². The van der Waals surface area contributed by atoms with Crippen molar-refractivity contribution in [2.45, 2.75) is 50.3 Å². The van der Waals surface area contributed by atoms with Gasteiger partial charge in [-0.25, -0.2) is 0 Å². The molecule has 51 heavy (non-hydrogen) atoms. The van der Waals surface area contributed by atoms with Gasteiger partial charge in [0.2, 0.25) is 0 Å². The summed E-state index contributed by atoms with van der Waals surface area (Å²) in [6.07, 6.45) is -2.96. The van der Waals surface area contributed by atoms with Crippen molar-refractivity contribution in [2.75, 3.05) is 13.7 Å². The number of benzene rings is 5. The summed E-state index contributed by atoms with van der Waals surface area (Å²) in [5.41, 5.74) is 4.65. The van der Waals surface area contributed by atoms with Gasteiger partial charge >= 0.3 is 0 Å². The van der Waals surface area contributed by atoms with Crippen LogP contribution in [-0.2, 0) is 38.8 Å². The highest BCUT2D eigenvalue weighted by atomic mass is 16.6. The average molecular weight is 683 g/mol. The maximum atomic E-state index is 13.8. The summed E-state index contributed by atoms with van der Waals surface area (Å²) in [5.74, 6) is 1.32. The van der Waals surface area contributed by atoms with Crippen LogP contribution in [0.4, 0.5) is 0 Å². The molecule has 0 spiro atoms. The van der Waals surface area contributed by atoms with Crippen LogP contribution in [-0.4, -0.2) is 38.1 Å². The molecule has 2 aliphatic rings. The molecule has 0 bridgehead atoms. The van der Waals surface area contributed by atoms with Gasteiger partial charge in [-0.15, -0.1) is 0 Å². The maximum absolute atomic E-state index is 13.8. The van der Waals surface area contributed by atoms with Gasteiger partial charge in [0.1, 0.15) is 52.6 Å². The van der Waals surface area contributed by atoms with E-state index in [1.54, 1.807) is 13.2 Å². The Morgan fingerprint density at radius 2 is 1.24 bits per heavy atom. The molecule has 0 N–H and O–H groups in total. The predicted molar refractivity (Wildman–Crippen MR) is 193 cm³/mol. The van der Waals surface area contributed by atoms with Gasteiger partial charge in [-0.2, -0.15) is 0 Å². The fourth-order valence-corrected chi connectivity index (χ4v) is 6.95. The molecule has 0 aliphatic carbocycles. The van der Waals surface area contributed by atoms with Gasteiger partial charge in [0.05, 0.1) is 39.1 Å². The number of hydrogen-bond acceptors (Lipinski definition) is 8. The fraction of sp³-hybridized carbons (Fsp3) is 0.233. The van der Waals surface area contributed by atoms with Crippen LogP contribution in [0, 0.1) is 0 Å². The lowest BCUT2D eigenvalue weighted by Crippen LogP contribution is -2.57. The zero-order valence-corrected chi connectivity index (χ0v) is 28.2. The summed E-state index contributed by atoms with van der Waals surface area (Å²) in [5, 5.41) is 0.324. The van der Waals surface area contributed by atoms with Crippen LogP contribution in [0.25, 0.3) is 22.3 Å². The molecule has 1 fully saturated rings. The molecule has 0 saturated carbocycles.